The molecular formula is C27H28F2N4O2S. The molecule has 0 aliphatic carbocycles. The standard InChI is InChI=1S/C27H28F2N4O2S/c1-31(2)20-10-6-18(7-11-20)24-25(27(28)29)30-33(22-14-12-21(13-15-22)32(3)4)26(24)19-8-16-23(17-9-19)36(5,34)35/h6-17,27H,1-5H3. The van der Waals surface area contributed by atoms with E-state index < -0.39 is 16.3 Å². The monoisotopic (exact) mass is 510 g/mol. The maximum Gasteiger partial charge on any atom is 0.282 e. The first kappa shape index (κ1) is 25.4. The van der Waals surface area contributed by atoms with Gasteiger partial charge >= 0.3 is 0 Å². The van der Waals surface area contributed by atoms with Crippen molar-refractivity contribution in [3.05, 3.63) is 78.5 Å². The van der Waals surface area contributed by atoms with Gasteiger partial charge in [0.25, 0.3) is 6.43 Å². The van der Waals surface area contributed by atoms with Crippen LogP contribution in [0.25, 0.3) is 28.1 Å². The first-order valence-electron chi connectivity index (χ1n) is 11.2. The van der Waals surface area contributed by atoms with Gasteiger partial charge in [0.15, 0.2) is 9.84 Å². The Bertz CT molecular complexity index is 1460. The fourth-order valence-electron chi connectivity index (χ4n) is 4.00. The second-order valence-electron chi connectivity index (χ2n) is 8.97. The first-order chi connectivity index (χ1) is 17.0. The fraction of sp³-hybridized carbons (Fsp3) is 0.222. The van der Waals surface area contributed by atoms with E-state index in [1.807, 2.05) is 74.4 Å². The molecule has 0 spiro atoms. The van der Waals surface area contributed by atoms with Crippen LogP contribution in [0.3, 0.4) is 0 Å². The molecule has 6 nitrogen and oxygen atoms in total. The van der Waals surface area contributed by atoms with E-state index in [1.54, 1.807) is 24.3 Å². The second kappa shape index (κ2) is 9.73. The molecule has 0 atom stereocenters. The van der Waals surface area contributed by atoms with Crippen molar-refractivity contribution in [3.8, 4) is 28.1 Å². The number of hydrogen-bond acceptors (Lipinski definition) is 5. The van der Waals surface area contributed by atoms with Crippen LogP contribution in [-0.4, -0.2) is 52.6 Å². The van der Waals surface area contributed by atoms with Crippen LogP contribution in [0.2, 0.25) is 0 Å². The van der Waals surface area contributed by atoms with Gasteiger partial charge in [-0.15, -0.1) is 0 Å². The van der Waals surface area contributed by atoms with Crippen LogP contribution in [0.4, 0.5) is 20.2 Å². The maximum atomic E-state index is 14.4. The summed E-state index contributed by atoms with van der Waals surface area (Å²) >= 11 is 0. The molecule has 9 heteroatoms. The summed E-state index contributed by atoms with van der Waals surface area (Å²) in [5, 5.41) is 4.36. The fourth-order valence-corrected chi connectivity index (χ4v) is 4.63. The molecule has 0 aliphatic heterocycles. The second-order valence-corrected chi connectivity index (χ2v) is 11.0. The highest BCUT2D eigenvalue weighted by Crippen LogP contribution is 2.41. The van der Waals surface area contributed by atoms with Gasteiger partial charge in [-0.05, 0) is 54.1 Å². The SMILES string of the molecule is CN(C)c1ccc(-c2c(C(F)F)nn(-c3ccc(N(C)C)cc3)c2-c2ccc(S(C)(=O)=O)cc2)cc1. The highest BCUT2D eigenvalue weighted by Gasteiger charge is 2.27. The minimum Gasteiger partial charge on any atom is -0.378 e. The average molecular weight is 511 g/mol. The summed E-state index contributed by atoms with van der Waals surface area (Å²) in [6.07, 6.45) is -1.68. The van der Waals surface area contributed by atoms with Crippen molar-refractivity contribution in [2.45, 2.75) is 11.3 Å². The van der Waals surface area contributed by atoms with Gasteiger partial charge in [-0.1, -0.05) is 24.3 Å². The lowest BCUT2D eigenvalue weighted by atomic mass is 9.98. The summed E-state index contributed by atoms with van der Waals surface area (Å²) < 4.78 is 54.2. The van der Waals surface area contributed by atoms with E-state index in [0.29, 0.717) is 28.1 Å². The van der Waals surface area contributed by atoms with E-state index in [0.717, 1.165) is 17.6 Å². The highest BCUT2D eigenvalue weighted by atomic mass is 32.2. The average Bonchev–Trinajstić information content (AvgIpc) is 3.24. The van der Waals surface area contributed by atoms with Crippen molar-refractivity contribution < 1.29 is 17.2 Å². The van der Waals surface area contributed by atoms with Crippen LogP contribution in [0.15, 0.2) is 77.7 Å². The van der Waals surface area contributed by atoms with Crippen LogP contribution < -0.4 is 9.80 Å². The topological polar surface area (TPSA) is 58.4 Å². The smallest absolute Gasteiger partial charge is 0.282 e. The van der Waals surface area contributed by atoms with Gasteiger partial charge in [0.05, 0.1) is 16.3 Å². The number of rotatable bonds is 7. The Morgan fingerprint density at radius 3 is 1.67 bits per heavy atom. The Morgan fingerprint density at radius 1 is 0.750 bits per heavy atom. The molecule has 0 amide bonds. The largest absolute Gasteiger partial charge is 0.378 e. The third kappa shape index (κ3) is 4.97. The van der Waals surface area contributed by atoms with Crippen molar-refractivity contribution >= 4 is 21.2 Å². The van der Waals surface area contributed by atoms with E-state index in [4.69, 9.17) is 0 Å². The van der Waals surface area contributed by atoms with Crippen LogP contribution in [0, 0.1) is 0 Å². The predicted octanol–water partition coefficient (Wildman–Crippen LogP) is 5.68. The van der Waals surface area contributed by atoms with E-state index in [2.05, 4.69) is 5.10 Å². The quantitative estimate of drug-likeness (QED) is 0.320. The molecule has 0 saturated heterocycles. The first-order valence-corrected chi connectivity index (χ1v) is 13.1. The summed E-state index contributed by atoms with van der Waals surface area (Å²) in [5.41, 5.74) is 4.09. The highest BCUT2D eigenvalue weighted by molar-refractivity contribution is 7.90. The number of halogens is 2. The molecule has 0 radical (unpaired) electrons. The third-order valence-electron chi connectivity index (χ3n) is 5.96. The molecule has 4 rings (SSSR count). The molecule has 3 aromatic carbocycles. The number of anilines is 2. The minimum absolute atomic E-state index is 0.152. The van der Waals surface area contributed by atoms with E-state index in [-0.39, 0.29) is 10.6 Å². The predicted molar refractivity (Wildman–Crippen MR) is 141 cm³/mol. The van der Waals surface area contributed by atoms with Crippen molar-refractivity contribution in [2.24, 2.45) is 0 Å². The Kier molecular flexibility index (Phi) is 6.86. The van der Waals surface area contributed by atoms with E-state index in [1.165, 1.54) is 16.8 Å². The van der Waals surface area contributed by atoms with Crippen LogP contribution in [-0.2, 0) is 9.84 Å². The number of hydrogen-bond donors (Lipinski definition) is 0. The van der Waals surface area contributed by atoms with Gasteiger partial charge < -0.3 is 9.80 Å². The summed E-state index contributed by atoms with van der Waals surface area (Å²) in [6, 6.07) is 21.0. The molecule has 0 N–H and O–H groups in total. The Morgan fingerprint density at radius 2 is 1.22 bits per heavy atom. The zero-order chi connectivity index (χ0) is 26.2. The molecule has 1 aromatic heterocycles. The lowest BCUT2D eigenvalue weighted by Crippen LogP contribution is -2.08. The summed E-state index contributed by atoms with van der Waals surface area (Å²) in [5.74, 6) is 0. The normalized spacial score (nSPS) is 11.7. The number of sulfone groups is 1. The summed E-state index contributed by atoms with van der Waals surface area (Å²) in [7, 11) is 4.24. The number of benzene rings is 3. The maximum absolute atomic E-state index is 14.4. The molecule has 0 unspecified atom stereocenters. The van der Waals surface area contributed by atoms with E-state index in [9.17, 15) is 17.2 Å². The van der Waals surface area contributed by atoms with Crippen LogP contribution >= 0.6 is 0 Å². The molecule has 0 fully saturated rings. The van der Waals surface area contributed by atoms with Crippen molar-refractivity contribution in [1.82, 2.24) is 9.78 Å². The van der Waals surface area contributed by atoms with Crippen molar-refractivity contribution in [1.29, 1.82) is 0 Å². The molecule has 0 saturated carbocycles. The molecular weight excluding hydrogens is 482 g/mol. The minimum atomic E-state index is -3.41. The lowest BCUT2D eigenvalue weighted by Gasteiger charge is -2.15. The molecule has 0 aliphatic rings. The summed E-state index contributed by atoms with van der Waals surface area (Å²) in [4.78, 5) is 4.02. The molecule has 188 valence electrons. The van der Waals surface area contributed by atoms with Gasteiger partial charge in [0, 0.05) is 56.9 Å². The Hall–Kier alpha value is -3.72. The Labute approximate surface area is 210 Å². The molecule has 36 heavy (non-hydrogen) atoms. The van der Waals surface area contributed by atoms with Gasteiger partial charge in [-0.25, -0.2) is 21.9 Å². The van der Waals surface area contributed by atoms with E-state index >= 15 is 0 Å². The lowest BCUT2D eigenvalue weighted by molar-refractivity contribution is 0.146. The van der Waals surface area contributed by atoms with Crippen molar-refractivity contribution in [3.63, 3.8) is 0 Å². The van der Waals surface area contributed by atoms with Crippen molar-refractivity contribution in [2.75, 3.05) is 44.2 Å². The van der Waals surface area contributed by atoms with Gasteiger partial charge in [0.1, 0.15) is 5.69 Å². The number of alkyl halides is 2. The van der Waals surface area contributed by atoms with Gasteiger partial charge in [-0.3, -0.25) is 0 Å². The third-order valence-corrected chi connectivity index (χ3v) is 7.09. The molecule has 4 aromatic rings. The molecule has 1 heterocycles. The van der Waals surface area contributed by atoms with Crippen LogP contribution in [0.1, 0.15) is 12.1 Å². The zero-order valence-corrected chi connectivity index (χ0v) is 21.6. The zero-order valence-electron chi connectivity index (χ0n) is 20.8. The van der Waals surface area contributed by atoms with Crippen LogP contribution in [0.5, 0.6) is 0 Å². The molecule has 0 bridgehead atoms. The Balaban J connectivity index is 2.00. The number of aromatic nitrogens is 2. The van der Waals surface area contributed by atoms with Gasteiger partial charge in [0.2, 0.25) is 0 Å². The summed E-state index contributed by atoms with van der Waals surface area (Å²) in [6.45, 7) is 0. The van der Waals surface area contributed by atoms with Gasteiger partial charge in [-0.2, -0.15) is 5.10 Å². The number of nitrogens with zero attached hydrogens (tertiary/aromatic N) is 4.